The fraction of sp³-hybridized carbons (Fsp3) is 0.545. The molecule has 1 aromatic carbocycles. The molecule has 4 rings (SSSR count). The Kier molecular flexibility index (Phi) is 5.39. The SMILES string of the molecule is CN(CCNC(=O)C1CC2(CCCC2)C1)C(=O)c1ccccc1-c1nncn1C. The predicted octanol–water partition coefficient (Wildman–Crippen LogP) is 2.64. The highest BCUT2D eigenvalue weighted by Crippen LogP contribution is 2.56. The van der Waals surface area contributed by atoms with Gasteiger partial charge in [0.05, 0.1) is 5.56 Å². The molecule has 7 nitrogen and oxygen atoms in total. The van der Waals surface area contributed by atoms with Gasteiger partial charge in [0.15, 0.2) is 5.82 Å². The third kappa shape index (κ3) is 3.91. The fourth-order valence-electron chi connectivity index (χ4n) is 4.89. The Morgan fingerprint density at radius 2 is 1.97 bits per heavy atom. The van der Waals surface area contributed by atoms with Crippen molar-refractivity contribution >= 4 is 11.8 Å². The highest BCUT2D eigenvalue weighted by Gasteiger charge is 2.48. The van der Waals surface area contributed by atoms with Gasteiger partial charge in [-0.1, -0.05) is 31.0 Å². The van der Waals surface area contributed by atoms with Crippen molar-refractivity contribution in [2.45, 2.75) is 38.5 Å². The number of carbonyl (C=O) groups excluding carboxylic acids is 2. The molecular weight excluding hydrogens is 366 g/mol. The maximum atomic E-state index is 13.0. The summed E-state index contributed by atoms with van der Waals surface area (Å²) in [6.07, 6.45) is 8.91. The van der Waals surface area contributed by atoms with Crippen LogP contribution in [-0.4, -0.2) is 51.6 Å². The molecule has 2 aliphatic rings. The summed E-state index contributed by atoms with van der Waals surface area (Å²) < 4.78 is 1.79. The molecule has 1 N–H and O–H groups in total. The number of nitrogens with one attached hydrogen (secondary N) is 1. The summed E-state index contributed by atoms with van der Waals surface area (Å²) in [4.78, 5) is 27.0. The van der Waals surface area contributed by atoms with E-state index in [1.165, 1.54) is 25.7 Å². The van der Waals surface area contributed by atoms with Crippen LogP contribution in [0.2, 0.25) is 0 Å². The van der Waals surface area contributed by atoms with E-state index >= 15 is 0 Å². The number of carbonyl (C=O) groups is 2. The first-order chi connectivity index (χ1) is 14.0. The van der Waals surface area contributed by atoms with E-state index in [0.29, 0.717) is 29.9 Å². The molecule has 1 aromatic heterocycles. The van der Waals surface area contributed by atoms with E-state index in [9.17, 15) is 9.59 Å². The zero-order chi connectivity index (χ0) is 20.4. The Labute approximate surface area is 171 Å². The van der Waals surface area contributed by atoms with Gasteiger partial charge < -0.3 is 14.8 Å². The molecule has 2 fully saturated rings. The number of benzene rings is 1. The van der Waals surface area contributed by atoms with E-state index in [1.54, 1.807) is 28.9 Å². The van der Waals surface area contributed by atoms with Gasteiger partial charge in [-0.3, -0.25) is 9.59 Å². The molecule has 0 bridgehead atoms. The van der Waals surface area contributed by atoms with Crippen LogP contribution in [0.5, 0.6) is 0 Å². The van der Waals surface area contributed by atoms with Gasteiger partial charge >= 0.3 is 0 Å². The summed E-state index contributed by atoms with van der Waals surface area (Å²) in [5.74, 6) is 0.862. The molecule has 154 valence electrons. The highest BCUT2D eigenvalue weighted by molar-refractivity contribution is 6.00. The average molecular weight is 396 g/mol. The number of likely N-dealkylation sites (N-methyl/N-ethyl adjacent to an activating group) is 1. The summed E-state index contributed by atoms with van der Waals surface area (Å²) in [5, 5.41) is 11.1. The normalized spacial score (nSPS) is 17.9. The summed E-state index contributed by atoms with van der Waals surface area (Å²) in [7, 11) is 3.62. The van der Waals surface area contributed by atoms with Gasteiger partial charge in [-0.25, -0.2) is 0 Å². The Bertz CT molecular complexity index is 892. The molecule has 29 heavy (non-hydrogen) atoms. The van der Waals surface area contributed by atoms with Crippen LogP contribution in [0.3, 0.4) is 0 Å². The van der Waals surface area contributed by atoms with E-state index < -0.39 is 0 Å². The average Bonchev–Trinajstić information content (AvgIpc) is 3.35. The number of rotatable bonds is 6. The maximum absolute atomic E-state index is 13.0. The first kappa shape index (κ1) is 19.6. The van der Waals surface area contributed by atoms with Crippen LogP contribution in [0.1, 0.15) is 48.9 Å². The number of aryl methyl sites for hydroxylation is 1. The molecule has 1 heterocycles. The minimum atomic E-state index is -0.0913. The van der Waals surface area contributed by atoms with E-state index in [2.05, 4.69) is 15.5 Å². The molecule has 0 atom stereocenters. The molecule has 0 radical (unpaired) electrons. The van der Waals surface area contributed by atoms with Gasteiger partial charge in [-0.2, -0.15) is 0 Å². The monoisotopic (exact) mass is 395 g/mol. The Balaban J connectivity index is 1.30. The Morgan fingerprint density at radius 3 is 2.66 bits per heavy atom. The Hall–Kier alpha value is -2.70. The molecule has 2 aliphatic carbocycles. The minimum absolute atomic E-state index is 0.0913. The molecule has 2 amide bonds. The van der Waals surface area contributed by atoms with Crippen molar-refractivity contribution < 1.29 is 9.59 Å². The van der Waals surface area contributed by atoms with E-state index in [4.69, 9.17) is 0 Å². The van der Waals surface area contributed by atoms with Crippen LogP contribution < -0.4 is 5.32 Å². The molecular formula is C22H29N5O2. The Morgan fingerprint density at radius 1 is 1.24 bits per heavy atom. The minimum Gasteiger partial charge on any atom is -0.354 e. The first-order valence-electron chi connectivity index (χ1n) is 10.5. The zero-order valence-corrected chi connectivity index (χ0v) is 17.2. The lowest BCUT2D eigenvalue weighted by Gasteiger charge is -2.44. The van der Waals surface area contributed by atoms with E-state index in [1.807, 2.05) is 25.2 Å². The molecule has 0 aliphatic heterocycles. The lowest BCUT2D eigenvalue weighted by atomic mass is 9.61. The van der Waals surface area contributed by atoms with Crippen molar-refractivity contribution in [3.63, 3.8) is 0 Å². The molecule has 2 aromatic rings. The van der Waals surface area contributed by atoms with Gasteiger partial charge in [0.2, 0.25) is 5.91 Å². The van der Waals surface area contributed by atoms with Gasteiger partial charge in [0.1, 0.15) is 6.33 Å². The van der Waals surface area contributed by atoms with Gasteiger partial charge in [-0.15, -0.1) is 10.2 Å². The van der Waals surface area contributed by atoms with Gasteiger partial charge in [0, 0.05) is 38.7 Å². The number of nitrogens with zero attached hydrogens (tertiary/aromatic N) is 4. The van der Waals surface area contributed by atoms with Crippen LogP contribution in [0.15, 0.2) is 30.6 Å². The second-order valence-corrected chi connectivity index (χ2v) is 8.64. The second kappa shape index (κ2) is 7.97. The maximum Gasteiger partial charge on any atom is 0.254 e. The van der Waals surface area contributed by atoms with Crippen LogP contribution in [0.25, 0.3) is 11.4 Å². The zero-order valence-electron chi connectivity index (χ0n) is 17.2. The largest absolute Gasteiger partial charge is 0.354 e. The lowest BCUT2D eigenvalue weighted by Crippen LogP contribution is -2.46. The summed E-state index contributed by atoms with van der Waals surface area (Å²) in [6.45, 7) is 0.937. The lowest BCUT2D eigenvalue weighted by molar-refractivity contribution is -0.132. The van der Waals surface area contributed by atoms with Gasteiger partial charge in [-0.05, 0) is 37.2 Å². The van der Waals surface area contributed by atoms with Crippen molar-refractivity contribution in [2.24, 2.45) is 18.4 Å². The van der Waals surface area contributed by atoms with Crippen LogP contribution >= 0.6 is 0 Å². The van der Waals surface area contributed by atoms with Crippen molar-refractivity contribution in [3.05, 3.63) is 36.2 Å². The molecule has 2 saturated carbocycles. The molecule has 0 saturated heterocycles. The third-order valence-electron chi connectivity index (χ3n) is 6.60. The van der Waals surface area contributed by atoms with Crippen molar-refractivity contribution in [1.82, 2.24) is 25.0 Å². The van der Waals surface area contributed by atoms with Gasteiger partial charge in [0.25, 0.3) is 5.91 Å². The number of amides is 2. The second-order valence-electron chi connectivity index (χ2n) is 8.64. The van der Waals surface area contributed by atoms with Crippen LogP contribution in [0.4, 0.5) is 0 Å². The standard InChI is InChI=1S/C22H29N5O2/c1-26(12-11-23-20(28)16-13-22(14-16)9-5-6-10-22)21(29)18-8-4-3-7-17(18)19-25-24-15-27(19)2/h3-4,7-8,15-16H,5-6,9-14H2,1-2H3,(H,23,28). The van der Waals surface area contributed by atoms with Crippen molar-refractivity contribution in [3.8, 4) is 11.4 Å². The topological polar surface area (TPSA) is 80.1 Å². The van der Waals surface area contributed by atoms with E-state index in [-0.39, 0.29) is 17.7 Å². The van der Waals surface area contributed by atoms with E-state index in [0.717, 1.165) is 18.4 Å². The molecule has 1 spiro atoms. The first-order valence-corrected chi connectivity index (χ1v) is 10.5. The van der Waals surface area contributed by atoms with Crippen LogP contribution in [0, 0.1) is 11.3 Å². The number of hydrogen-bond donors (Lipinski definition) is 1. The third-order valence-corrected chi connectivity index (χ3v) is 6.60. The fourth-order valence-corrected chi connectivity index (χ4v) is 4.89. The smallest absolute Gasteiger partial charge is 0.254 e. The molecule has 7 heteroatoms. The summed E-state index contributed by atoms with van der Waals surface area (Å²) in [6, 6.07) is 7.41. The summed E-state index contributed by atoms with van der Waals surface area (Å²) in [5.41, 5.74) is 1.81. The quantitative estimate of drug-likeness (QED) is 0.815. The summed E-state index contributed by atoms with van der Waals surface area (Å²) >= 11 is 0. The highest BCUT2D eigenvalue weighted by atomic mass is 16.2. The van der Waals surface area contributed by atoms with Crippen molar-refractivity contribution in [1.29, 1.82) is 0 Å². The number of hydrogen-bond acceptors (Lipinski definition) is 4. The van der Waals surface area contributed by atoms with Crippen molar-refractivity contribution in [2.75, 3.05) is 20.1 Å². The molecule has 0 unspecified atom stereocenters. The van der Waals surface area contributed by atoms with Crippen LogP contribution in [-0.2, 0) is 11.8 Å². The predicted molar refractivity (Wildman–Crippen MR) is 110 cm³/mol. The number of aromatic nitrogens is 3.